The summed E-state index contributed by atoms with van der Waals surface area (Å²) in [6, 6.07) is 0. The highest BCUT2D eigenvalue weighted by atomic mass is 16.5. The molecule has 21 heavy (non-hydrogen) atoms. The Balaban J connectivity index is 2.70. The average Bonchev–Trinajstić information content (AvgIpc) is 2.40. The second-order valence-electron chi connectivity index (χ2n) is 7.04. The summed E-state index contributed by atoms with van der Waals surface area (Å²) in [5.74, 6) is 0. The third-order valence-corrected chi connectivity index (χ3v) is 4.12. The molecule has 0 fully saturated rings. The van der Waals surface area contributed by atoms with Gasteiger partial charge < -0.3 is 4.74 Å². The number of rotatable bonds is 2. The molecule has 0 N–H and O–H groups in total. The summed E-state index contributed by atoms with van der Waals surface area (Å²) in [4.78, 5) is 0. The van der Waals surface area contributed by atoms with Crippen LogP contribution >= 0.6 is 0 Å². The van der Waals surface area contributed by atoms with Gasteiger partial charge in [-0.05, 0) is 76.0 Å². The van der Waals surface area contributed by atoms with E-state index in [-0.39, 0.29) is 11.2 Å². The van der Waals surface area contributed by atoms with Gasteiger partial charge in [0.05, 0.1) is 11.2 Å². The first-order valence-corrected chi connectivity index (χ1v) is 7.43. The lowest BCUT2D eigenvalue weighted by Gasteiger charge is -2.27. The molecular formula is C20H26O. The zero-order valence-corrected chi connectivity index (χ0v) is 14.1. The summed E-state index contributed by atoms with van der Waals surface area (Å²) in [7, 11) is 0. The number of hydrogen-bond acceptors (Lipinski definition) is 1. The van der Waals surface area contributed by atoms with Crippen LogP contribution in [0.15, 0.2) is 70.9 Å². The molecule has 2 aliphatic rings. The standard InChI is InChI=1S/C20H26O/c1-13(2)15-9-10-17-18(12-16(11-15)14(3)4)20(7,8)21-19(17,5)6/h9-12H,1,3H2,2,4-8H3/b10-9-,15-9?,15-11+,16-11?,16-12+,17-10?,18-12?. The van der Waals surface area contributed by atoms with Crippen LogP contribution in [0.5, 0.6) is 0 Å². The molecule has 112 valence electrons. The fraction of sp³-hybridized carbons (Fsp3) is 0.400. The highest BCUT2D eigenvalue weighted by molar-refractivity contribution is 5.58. The van der Waals surface area contributed by atoms with Crippen molar-refractivity contribution in [1.82, 2.24) is 0 Å². The zero-order valence-electron chi connectivity index (χ0n) is 14.1. The van der Waals surface area contributed by atoms with E-state index in [1.807, 2.05) is 13.8 Å². The summed E-state index contributed by atoms with van der Waals surface area (Å²) in [6.07, 6.45) is 8.70. The minimum Gasteiger partial charge on any atom is -0.360 e. The molecule has 2 rings (SSSR count). The summed E-state index contributed by atoms with van der Waals surface area (Å²) in [6.45, 7) is 20.8. The van der Waals surface area contributed by atoms with E-state index >= 15 is 0 Å². The minimum absolute atomic E-state index is 0.288. The number of allylic oxidation sites excluding steroid dienone is 6. The molecule has 0 radical (unpaired) electrons. The molecule has 0 bridgehead atoms. The molecule has 0 atom stereocenters. The molecule has 0 saturated heterocycles. The van der Waals surface area contributed by atoms with Gasteiger partial charge in [0.1, 0.15) is 0 Å². The Morgan fingerprint density at radius 1 is 0.810 bits per heavy atom. The first-order valence-electron chi connectivity index (χ1n) is 7.43. The highest BCUT2D eigenvalue weighted by Crippen LogP contribution is 2.45. The fourth-order valence-corrected chi connectivity index (χ4v) is 3.04. The van der Waals surface area contributed by atoms with Crippen molar-refractivity contribution in [3.63, 3.8) is 0 Å². The van der Waals surface area contributed by atoms with Crippen molar-refractivity contribution >= 4 is 0 Å². The van der Waals surface area contributed by atoms with Gasteiger partial charge in [-0.25, -0.2) is 0 Å². The van der Waals surface area contributed by atoms with Crippen LogP contribution in [-0.4, -0.2) is 11.2 Å². The van der Waals surface area contributed by atoms with Gasteiger partial charge in [-0.1, -0.05) is 36.5 Å². The van der Waals surface area contributed by atoms with E-state index in [1.165, 1.54) is 11.1 Å². The zero-order chi connectivity index (χ0) is 16.0. The topological polar surface area (TPSA) is 9.23 Å². The van der Waals surface area contributed by atoms with Crippen molar-refractivity contribution < 1.29 is 4.74 Å². The molecule has 1 heterocycles. The Morgan fingerprint density at radius 3 is 1.86 bits per heavy atom. The summed E-state index contributed by atoms with van der Waals surface area (Å²) in [5, 5.41) is 0. The summed E-state index contributed by atoms with van der Waals surface area (Å²) >= 11 is 0. The molecular weight excluding hydrogens is 256 g/mol. The van der Waals surface area contributed by atoms with E-state index in [4.69, 9.17) is 4.74 Å². The Kier molecular flexibility index (Phi) is 3.75. The molecule has 1 aliphatic heterocycles. The molecule has 0 spiro atoms. The Labute approximate surface area is 129 Å². The Morgan fingerprint density at radius 2 is 1.33 bits per heavy atom. The predicted octanol–water partition coefficient (Wildman–Crippen LogP) is 5.45. The third-order valence-electron chi connectivity index (χ3n) is 4.12. The van der Waals surface area contributed by atoms with Crippen molar-refractivity contribution in [3.8, 4) is 0 Å². The second kappa shape index (κ2) is 4.99. The Hall–Kier alpha value is -1.60. The van der Waals surface area contributed by atoms with Gasteiger partial charge in [-0.15, -0.1) is 0 Å². The molecule has 0 aromatic carbocycles. The average molecular weight is 282 g/mol. The van der Waals surface area contributed by atoms with Gasteiger partial charge in [0, 0.05) is 0 Å². The third kappa shape index (κ3) is 2.89. The van der Waals surface area contributed by atoms with Crippen LogP contribution in [0.1, 0.15) is 41.5 Å². The van der Waals surface area contributed by atoms with E-state index in [2.05, 4.69) is 65.2 Å². The quantitative estimate of drug-likeness (QED) is 0.655. The van der Waals surface area contributed by atoms with Crippen LogP contribution in [-0.2, 0) is 4.74 Å². The lowest BCUT2D eigenvalue weighted by molar-refractivity contribution is -0.0541. The van der Waals surface area contributed by atoms with Crippen molar-refractivity contribution in [2.24, 2.45) is 0 Å². The lowest BCUT2D eigenvalue weighted by atomic mass is 9.85. The first-order chi connectivity index (χ1) is 9.54. The van der Waals surface area contributed by atoms with Crippen LogP contribution in [0.3, 0.4) is 0 Å². The van der Waals surface area contributed by atoms with Crippen LogP contribution in [0.25, 0.3) is 0 Å². The first kappa shape index (κ1) is 15.8. The smallest absolute Gasteiger partial charge is 0.0891 e. The maximum atomic E-state index is 6.27. The fourth-order valence-electron chi connectivity index (χ4n) is 3.04. The van der Waals surface area contributed by atoms with Crippen molar-refractivity contribution in [2.45, 2.75) is 52.7 Å². The van der Waals surface area contributed by atoms with Gasteiger partial charge in [0.15, 0.2) is 0 Å². The molecule has 0 amide bonds. The maximum Gasteiger partial charge on any atom is 0.0891 e. The second-order valence-corrected chi connectivity index (χ2v) is 7.04. The largest absolute Gasteiger partial charge is 0.360 e. The molecule has 0 aromatic heterocycles. The van der Waals surface area contributed by atoms with Gasteiger partial charge >= 0.3 is 0 Å². The summed E-state index contributed by atoms with van der Waals surface area (Å²) in [5.41, 5.74) is 6.27. The maximum absolute atomic E-state index is 6.27. The van der Waals surface area contributed by atoms with E-state index in [1.54, 1.807) is 0 Å². The van der Waals surface area contributed by atoms with Gasteiger partial charge in [0.25, 0.3) is 0 Å². The summed E-state index contributed by atoms with van der Waals surface area (Å²) < 4.78 is 6.27. The van der Waals surface area contributed by atoms with E-state index in [9.17, 15) is 0 Å². The molecule has 1 aliphatic carbocycles. The van der Waals surface area contributed by atoms with E-state index in [0.717, 1.165) is 22.3 Å². The monoisotopic (exact) mass is 282 g/mol. The molecule has 0 unspecified atom stereocenters. The van der Waals surface area contributed by atoms with Gasteiger partial charge in [-0.3, -0.25) is 0 Å². The van der Waals surface area contributed by atoms with Crippen molar-refractivity contribution in [2.75, 3.05) is 0 Å². The molecule has 1 nitrogen and oxygen atoms in total. The van der Waals surface area contributed by atoms with Crippen LogP contribution in [0.4, 0.5) is 0 Å². The van der Waals surface area contributed by atoms with Gasteiger partial charge in [0.2, 0.25) is 0 Å². The molecule has 0 aromatic rings. The van der Waals surface area contributed by atoms with Crippen molar-refractivity contribution in [3.05, 3.63) is 70.9 Å². The van der Waals surface area contributed by atoms with E-state index < -0.39 is 0 Å². The lowest BCUT2D eigenvalue weighted by Crippen LogP contribution is -2.29. The number of ether oxygens (including phenoxy) is 1. The van der Waals surface area contributed by atoms with Crippen LogP contribution < -0.4 is 0 Å². The van der Waals surface area contributed by atoms with Gasteiger partial charge in [-0.2, -0.15) is 0 Å². The predicted molar refractivity (Wildman–Crippen MR) is 91.2 cm³/mol. The normalized spacial score (nSPS) is 29.4. The van der Waals surface area contributed by atoms with Crippen LogP contribution in [0.2, 0.25) is 0 Å². The molecule has 1 heteroatoms. The van der Waals surface area contributed by atoms with Crippen LogP contribution in [0, 0.1) is 0 Å². The molecule has 0 saturated carbocycles. The number of hydrogen-bond donors (Lipinski definition) is 0. The van der Waals surface area contributed by atoms with Crippen molar-refractivity contribution in [1.29, 1.82) is 0 Å². The minimum atomic E-state index is -0.293. The SMILES string of the molecule is C=C(C)C1=C/C(C(=C)C)=C\C2=C(/C=C\1)C(C)(C)OC2(C)C. The van der Waals surface area contributed by atoms with E-state index in [0.29, 0.717) is 0 Å². The Bertz CT molecular complexity index is 631. The highest BCUT2D eigenvalue weighted by Gasteiger charge is 2.43.